The summed E-state index contributed by atoms with van der Waals surface area (Å²) in [6.45, 7) is 4.39. The van der Waals surface area contributed by atoms with Crippen LogP contribution >= 0.6 is 0 Å². The summed E-state index contributed by atoms with van der Waals surface area (Å²) in [5.74, 6) is -0.910. The van der Waals surface area contributed by atoms with Gasteiger partial charge >= 0.3 is 5.97 Å². The van der Waals surface area contributed by atoms with Crippen LogP contribution in [0.25, 0.3) is 0 Å². The zero-order chi connectivity index (χ0) is 13.8. The Morgan fingerprint density at radius 3 is 2.00 bits per heavy atom. The lowest BCUT2D eigenvalue weighted by atomic mass is 9.99. The smallest absolute Gasteiger partial charge is 0.320 e. The zero-order valence-electron chi connectivity index (χ0n) is 12.0. The van der Waals surface area contributed by atoms with E-state index in [1.165, 1.54) is 44.1 Å². The van der Waals surface area contributed by atoms with Crippen molar-refractivity contribution >= 4 is 5.97 Å². The quantitative estimate of drug-likeness (QED) is 0.435. The first-order valence-corrected chi connectivity index (χ1v) is 7.28. The number of carboxylic acid groups (broad SMARTS) is 1. The van der Waals surface area contributed by atoms with Gasteiger partial charge in [0, 0.05) is 0 Å². The van der Waals surface area contributed by atoms with Crippen molar-refractivity contribution in [3.8, 4) is 0 Å². The molecule has 3 heteroatoms. The molecule has 0 spiro atoms. The largest absolute Gasteiger partial charge is 0.480 e. The van der Waals surface area contributed by atoms with E-state index in [2.05, 4.69) is 19.9 Å². The van der Waals surface area contributed by atoms with Crippen LogP contribution in [0.2, 0.25) is 0 Å². The van der Waals surface area contributed by atoms with Gasteiger partial charge in [0.15, 0.2) is 0 Å². The molecule has 0 saturated heterocycles. The molecule has 0 fully saturated rings. The molecule has 0 aliphatic rings. The molecule has 0 heterocycles. The van der Waals surface area contributed by atoms with E-state index < -0.39 is 12.0 Å². The van der Waals surface area contributed by atoms with E-state index in [1.54, 1.807) is 0 Å². The van der Waals surface area contributed by atoms with Crippen molar-refractivity contribution in [2.24, 2.45) is 5.73 Å². The Labute approximate surface area is 111 Å². The summed E-state index contributed by atoms with van der Waals surface area (Å²) in [5.41, 5.74) is 6.93. The molecule has 0 aliphatic carbocycles. The highest BCUT2D eigenvalue weighted by molar-refractivity contribution is 5.73. The normalized spacial score (nSPS) is 12.2. The van der Waals surface area contributed by atoms with Gasteiger partial charge in [-0.15, -0.1) is 0 Å². The second kappa shape index (κ2) is 11.3. The number of rotatable bonds is 11. The topological polar surface area (TPSA) is 63.3 Å². The summed E-state index contributed by atoms with van der Waals surface area (Å²) in [5, 5.41) is 8.77. The first-order valence-electron chi connectivity index (χ1n) is 7.28. The molecule has 3 nitrogen and oxygen atoms in total. The molecular formula is C15H29NO2. The van der Waals surface area contributed by atoms with E-state index in [9.17, 15) is 4.79 Å². The van der Waals surface area contributed by atoms with Crippen LogP contribution in [0.4, 0.5) is 0 Å². The van der Waals surface area contributed by atoms with Gasteiger partial charge in [0.2, 0.25) is 0 Å². The third-order valence-electron chi connectivity index (χ3n) is 3.18. The predicted octanol–water partition coefficient (Wildman–Crippen LogP) is 3.88. The highest BCUT2D eigenvalue weighted by Gasteiger charge is 2.09. The van der Waals surface area contributed by atoms with Crippen LogP contribution in [0.15, 0.2) is 11.6 Å². The first-order chi connectivity index (χ1) is 8.61. The molecule has 18 heavy (non-hydrogen) atoms. The first kappa shape index (κ1) is 17.2. The van der Waals surface area contributed by atoms with Gasteiger partial charge in [-0.25, -0.2) is 0 Å². The minimum atomic E-state index is -0.910. The lowest BCUT2D eigenvalue weighted by Gasteiger charge is -2.09. The summed E-state index contributed by atoms with van der Waals surface area (Å²) in [4.78, 5) is 10.7. The maximum absolute atomic E-state index is 10.7. The van der Waals surface area contributed by atoms with Gasteiger partial charge in [0.1, 0.15) is 6.04 Å². The Bertz CT molecular complexity index is 237. The van der Waals surface area contributed by atoms with Gasteiger partial charge in [-0.05, 0) is 32.1 Å². The molecule has 1 atom stereocenters. The van der Waals surface area contributed by atoms with Gasteiger partial charge in [0.25, 0.3) is 0 Å². The Balaban J connectivity index is 4.15. The van der Waals surface area contributed by atoms with Gasteiger partial charge in [-0.2, -0.15) is 0 Å². The molecule has 0 saturated carbocycles. The molecular weight excluding hydrogens is 226 g/mol. The molecule has 0 aromatic heterocycles. The van der Waals surface area contributed by atoms with Crippen molar-refractivity contribution in [2.45, 2.75) is 77.7 Å². The van der Waals surface area contributed by atoms with E-state index >= 15 is 0 Å². The molecule has 1 unspecified atom stereocenters. The predicted molar refractivity (Wildman–Crippen MR) is 76.6 cm³/mol. The number of carbonyl (C=O) groups is 1. The van der Waals surface area contributed by atoms with Gasteiger partial charge in [0.05, 0.1) is 0 Å². The van der Waals surface area contributed by atoms with Crippen LogP contribution in [0.1, 0.15) is 71.6 Å². The monoisotopic (exact) mass is 255 g/mol. The fraction of sp³-hybridized carbons (Fsp3) is 0.800. The minimum absolute atomic E-state index is 0.461. The van der Waals surface area contributed by atoms with Crippen LogP contribution in [0.5, 0.6) is 0 Å². The SMILES string of the molecule is CCCCCC(=CCC(N)C(=O)O)CCCCC. The van der Waals surface area contributed by atoms with E-state index in [4.69, 9.17) is 10.8 Å². The maximum Gasteiger partial charge on any atom is 0.320 e. The number of carboxylic acids is 1. The van der Waals surface area contributed by atoms with E-state index in [1.807, 2.05) is 0 Å². The third kappa shape index (κ3) is 9.23. The number of hydrogen-bond donors (Lipinski definition) is 2. The number of unbranched alkanes of at least 4 members (excludes halogenated alkanes) is 4. The Morgan fingerprint density at radius 1 is 1.11 bits per heavy atom. The molecule has 0 bridgehead atoms. The average molecular weight is 255 g/mol. The van der Waals surface area contributed by atoms with E-state index in [0.717, 1.165) is 12.8 Å². The van der Waals surface area contributed by atoms with Crippen LogP contribution in [-0.2, 0) is 4.79 Å². The summed E-state index contributed by atoms with van der Waals surface area (Å²) < 4.78 is 0. The van der Waals surface area contributed by atoms with Crippen LogP contribution in [0.3, 0.4) is 0 Å². The molecule has 0 rings (SSSR count). The van der Waals surface area contributed by atoms with Crippen molar-refractivity contribution in [1.29, 1.82) is 0 Å². The lowest BCUT2D eigenvalue weighted by Crippen LogP contribution is -2.29. The standard InChI is InChI=1S/C15H29NO2/c1-3-5-7-9-13(10-8-6-4-2)11-12-14(16)15(17)18/h11,14H,3-10,12,16H2,1-2H3,(H,17,18). The number of hydrogen-bond acceptors (Lipinski definition) is 2. The Kier molecular flexibility index (Phi) is 10.8. The van der Waals surface area contributed by atoms with Crippen LogP contribution in [-0.4, -0.2) is 17.1 Å². The van der Waals surface area contributed by atoms with E-state index in [-0.39, 0.29) is 0 Å². The van der Waals surface area contributed by atoms with Crippen LogP contribution in [0, 0.1) is 0 Å². The lowest BCUT2D eigenvalue weighted by molar-refractivity contribution is -0.138. The second-order valence-corrected chi connectivity index (χ2v) is 4.96. The summed E-state index contributed by atoms with van der Waals surface area (Å²) in [6.07, 6.45) is 12.1. The Morgan fingerprint density at radius 2 is 1.61 bits per heavy atom. The molecule has 3 N–H and O–H groups in total. The number of nitrogens with two attached hydrogens (primary N) is 1. The number of aliphatic carboxylic acids is 1. The maximum atomic E-state index is 10.7. The molecule has 0 aromatic rings. The van der Waals surface area contributed by atoms with Crippen molar-refractivity contribution < 1.29 is 9.90 Å². The van der Waals surface area contributed by atoms with Crippen molar-refractivity contribution in [1.82, 2.24) is 0 Å². The van der Waals surface area contributed by atoms with Crippen molar-refractivity contribution in [3.05, 3.63) is 11.6 Å². The fourth-order valence-corrected chi connectivity index (χ4v) is 1.93. The third-order valence-corrected chi connectivity index (χ3v) is 3.18. The van der Waals surface area contributed by atoms with E-state index in [0.29, 0.717) is 6.42 Å². The Hall–Kier alpha value is -0.830. The van der Waals surface area contributed by atoms with Gasteiger partial charge < -0.3 is 10.8 Å². The molecule has 0 aromatic carbocycles. The minimum Gasteiger partial charge on any atom is -0.480 e. The fourth-order valence-electron chi connectivity index (χ4n) is 1.93. The summed E-state index contributed by atoms with van der Waals surface area (Å²) >= 11 is 0. The number of allylic oxidation sites excluding steroid dienone is 1. The van der Waals surface area contributed by atoms with Crippen molar-refractivity contribution in [2.75, 3.05) is 0 Å². The summed E-state index contributed by atoms with van der Waals surface area (Å²) in [6, 6.07) is -0.752. The van der Waals surface area contributed by atoms with Crippen molar-refractivity contribution in [3.63, 3.8) is 0 Å². The highest BCUT2D eigenvalue weighted by Crippen LogP contribution is 2.17. The zero-order valence-corrected chi connectivity index (χ0v) is 12.0. The molecule has 0 amide bonds. The highest BCUT2D eigenvalue weighted by atomic mass is 16.4. The van der Waals surface area contributed by atoms with Gasteiger partial charge in [-0.1, -0.05) is 51.2 Å². The van der Waals surface area contributed by atoms with Gasteiger partial charge in [-0.3, -0.25) is 4.79 Å². The molecule has 0 aliphatic heterocycles. The molecule has 0 radical (unpaired) electrons. The second-order valence-electron chi connectivity index (χ2n) is 4.96. The summed E-state index contributed by atoms with van der Waals surface area (Å²) in [7, 11) is 0. The van der Waals surface area contributed by atoms with Crippen LogP contribution < -0.4 is 5.73 Å². The molecule has 106 valence electrons. The average Bonchev–Trinajstić information content (AvgIpc) is 2.35.